The van der Waals surface area contributed by atoms with Crippen LogP contribution < -0.4 is 4.74 Å². The molecule has 0 saturated carbocycles. The summed E-state index contributed by atoms with van der Waals surface area (Å²) in [4.78, 5) is 37.3. The Morgan fingerprint density at radius 3 is 2.56 bits per heavy atom. The number of carbonyl (C=O) groups is 2. The third-order valence-corrected chi connectivity index (χ3v) is 6.45. The zero-order valence-corrected chi connectivity index (χ0v) is 19.8. The van der Waals surface area contributed by atoms with E-state index in [9.17, 15) is 19.7 Å². The van der Waals surface area contributed by atoms with Crippen molar-refractivity contribution >= 4 is 57.9 Å². The Kier molecular flexibility index (Phi) is 7.21. The van der Waals surface area contributed by atoms with E-state index >= 15 is 0 Å². The van der Waals surface area contributed by atoms with Crippen molar-refractivity contribution in [3.8, 4) is 5.75 Å². The Hall–Kier alpha value is -3.33. The Morgan fingerprint density at radius 2 is 1.79 bits per heavy atom. The predicted molar refractivity (Wildman–Crippen MR) is 132 cm³/mol. The fraction of sp³-hybridized carbons (Fsp3) is 0.0833. The summed E-state index contributed by atoms with van der Waals surface area (Å²) < 4.78 is 5.81. The summed E-state index contributed by atoms with van der Waals surface area (Å²) in [6, 6.07) is 18.2. The van der Waals surface area contributed by atoms with Gasteiger partial charge < -0.3 is 4.74 Å². The maximum Gasteiger partial charge on any atom is 0.293 e. The molecule has 3 aromatic rings. The first-order chi connectivity index (χ1) is 16.3. The summed E-state index contributed by atoms with van der Waals surface area (Å²) in [6.07, 6.45) is 1.59. The molecular weight excluding hydrogens is 499 g/mol. The van der Waals surface area contributed by atoms with Gasteiger partial charge in [0.15, 0.2) is 0 Å². The second-order valence-corrected chi connectivity index (χ2v) is 9.09. The van der Waals surface area contributed by atoms with Crippen LogP contribution in [0.1, 0.15) is 16.7 Å². The molecule has 1 aliphatic rings. The molecule has 0 N–H and O–H groups in total. The lowest BCUT2D eigenvalue weighted by Gasteiger charge is -2.12. The number of hydrogen-bond acceptors (Lipinski definition) is 6. The first-order valence-electron chi connectivity index (χ1n) is 9.96. The number of ether oxygens (including phenoxy) is 1. The number of nitro benzene ring substituents is 1. The molecule has 0 spiro atoms. The van der Waals surface area contributed by atoms with Crippen LogP contribution in [0, 0.1) is 10.1 Å². The van der Waals surface area contributed by atoms with E-state index in [1.165, 1.54) is 18.2 Å². The van der Waals surface area contributed by atoms with Gasteiger partial charge in [0.25, 0.3) is 16.8 Å². The van der Waals surface area contributed by atoms with Crippen molar-refractivity contribution in [2.75, 3.05) is 0 Å². The molecule has 1 saturated heterocycles. The Morgan fingerprint density at radius 1 is 1.00 bits per heavy atom. The quantitative estimate of drug-likeness (QED) is 0.197. The smallest absolute Gasteiger partial charge is 0.293 e. The highest BCUT2D eigenvalue weighted by atomic mass is 35.5. The van der Waals surface area contributed by atoms with Gasteiger partial charge in [0, 0.05) is 27.2 Å². The van der Waals surface area contributed by atoms with Gasteiger partial charge in [0.05, 0.1) is 16.4 Å². The van der Waals surface area contributed by atoms with Crippen molar-refractivity contribution in [3.63, 3.8) is 0 Å². The molecule has 10 heteroatoms. The molecule has 0 aliphatic carbocycles. The molecule has 7 nitrogen and oxygen atoms in total. The summed E-state index contributed by atoms with van der Waals surface area (Å²) in [7, 11) is 0. The minimum Gasteiger partial charge on any atom is -0.489 e. The van der Waals surface area contributed by atoms with E-state index in [1.807, 2.05) is 0 Å². The van der Waals surface area contributed by atoms with Crippen LogP contribution in [0.2, 0.25) is 10.0 Å². The van der Waals surface area contributed by atoms with Crippen molar-refractivity contribution in [2.45, 2.75) is 13.2 Å². The highest BCUT2D eigenvalue weighted by Crippen LogP contribution is 2.35. The maximum absolute atomic E-state index is 12.9. The number of para-hydroxylation sites is 1. The molecule has 172 valence electrons. The standard InChI is InChI=1S/C24H16Cl2N2O5S/c25-18-9-8-17(20(26)12-18)14-33-19-6-3-4-15(10-19)11-22-23(29)27(24(30)34-22)13-16-5-1-2-7-21(16)28(31)32/h1-12H,13-14H2/b22-11+. The number of imide groups is 1. The summed E-state index contributed by atoms with van der Waals surface area (Å²) in [5.74, 6) is 0.0475. The molecule has 0 aromatic heterocycles. The number of halogens is 2. The lowest BCUT2D eigenvalue weighted by molar-refractivity contribution is -0.385. The van der Waals surface area contributed by atoms with E-state index in [-0.39, 0.29) is 29.3 Å². The summed E-state index contributed by atoms with van der Waals surface area (Å²) in [5, 5.41) is 11.8. The van der Waals surface area contributed by atoms with E-state index in [1.54, 1.807) is 54.6 Å². The summed E-state index contributed by atoms with van der Waals surface area (Å²) in [6.45, 7) is 0.0516. The minimum atomic E-state index is -0.535. The van der Waals surface area contributed by atoms with Crippen molar-refractivity contribution < 1.29 is 19.2 Å². The van der Waals surface area contributed by atoms with Gasteiger partial charge in [-0.05, 0) is 47.7 Å². The molecule has 0 radical (unpaired) electrons. The lowest BCUT2D eigenvalue weighted by atomic mass is 10.1. The fourth-order valence-electron chi connectivity index (χ4n) is 3.27. The molecule has 34 heavy (non-hydrogen) atoms. The topological polar surface area (TPSA) is 89.8 Å². The maximum atomic E-state index is 12.9. The monoisotopic (exact) mass is 514 g/mol. The van der Waals surface area contributed by atoms with Crippen LogP contribution in [0.3, 0.4) is 0 Å². The average molecular weight is 515 g/mol. The second-order valence-electron chi connectivity index (χ2n) is 7.25. The number of hydrogen-bond donors (Lipinski definition) is 0. The fourth-order valence-corrected chi connectivity index (χ4v) is 4.58. The highest BCUT2D eigenvalue weighted by Gasteiger charge is 2.36. The first kappa shape index (κ1) is 23.8. The van der Waals surface area contributed by atoms with Crippen LogP contribution in [0.4, 0.5) is 10.5 Å². The van der Waals surface area contributed by atoms with Crippen LogP contribution >= 0.6 is 35.0 Å². The van der Waals surface area contributed by atoms with E-state index < -0.39 is 16.1 Å². The molecule has 0 bridgehead atoms. The van der Waals surface area contributed by atoms with E-state index in [0.717, 1.165) is 22.2 Å². The third-order valence-electron chi connectivity index (χ3n) is 4.96. The zero-order chi connectivity index (χ0) is 24.2. The number of rotatable bonds is 7. The molecule has 2 amide bonds. The normalized spacial score (nSPS) is 14.6. The van der Waals surface area contributed by atoms with Crippen molar-refractivity contribution in [1.82, 2.24) is 4.90 Å². The minimum absolute atomic E-state index is 0.142. The van der Waals surface area contributed by atoms with Crippen LogP contribution in [0.5, 0.6) is 5.75 Å². The summed E-state index contributed by atoms with van der Waals surface area (Å²) in [5.41, 5.74) is 1.58. The van der Waals surface area contributed by atoms with Crippen LogP contribution in [-0.2, 0) is 17.9 Å². The SMILES string of the molecule is O=C1S/C(=C/c2cccc(OCc3ccc(Cl)cc3Cl)c2)C(=O)N1Cc1ccccc1[N+](=O)[O-]. The Bertz CT molecular complexity index is 1330. The molecule has 4 rings (SSSR count). The zero-order valence-electron chi connectivity index (χ0n) is 17.4. The van der Waals surface area contributed by atoms with Crippen molar-refractivity contribution in [1.29, 1.82) is 0 Å². The lowest BCUT2D eigenvalue weighted by Crippen LogP contribution is -2.27. The first-order valence-corrected chi connectivity index (χ1v) is 11.5. The van der Waals surface area contributed by atoms with Gasteiger partial charge in [-0.1, -0.05) is 59.6 Å². The molecule has 0 atom stereocenters. The van der Waals surface area contributed by atoms with Gasteiger partial charge >= 0.3 is 0 Å². The molecule has 1 heterocycles. The van der Waals surface area contributed by atoms with Crippen LogP contribution in [0.15, 0.2) is 71.6 Å². The number of benzene rings is 3. The number of amides is 2. The van der Waals surface area contributed by atoms with Gasteiger partial charge in [-0.3, -0.25) is 24.6 Å². The van der Waals surface area contributed by atoms with Gasteiger partial charge in [0.1, 0.15) is 12.4 Å². The summed E-state index contributed by atoms with van der Waals surface area (Å²) >= 11 is 12.9. The number of thioether (sulfide) groups is 1. The van der Waals surface area contributed by atoms with Crippen LogP contribution in [-0.4, -0.2) is 21.0 Å². The van der Waals surface area contributed by atoms with Crippen molar-refractivity contribution in [3.05, 3.63) is 108 Å². The average Bonchev–Trinajstić information content (AvgIpc) is 3.06. The van der Waals surface area contributed by atoms with Gasteiger partial charge in [0.2, 0.25) is 0 Å². The van der Waals surface area contributed by atoms with E-state index in [4.69, 9.17) is 27.9 Å². The largest absolute Gasteiger partial charge is 0.489 e. The molecule has 0 unspecified atom stereocenters. The number of nitro groups is 1. The Labute approximate surface area is 209 Å². The molecule has 1 fully saturated rings. The number of nitrogens with zero attached hydrogens (tertiary/aromatic N) is 2. The van der Waals surface area contributed by atoms with Gasteiger partial charge in [-0.2, -0.15) is 0 Å². The molecule has 3 aromatic carbocycles. The van der Waals surface area contributed by atoms with E-state index in [0.29, 0.717) is 21.4 Å². The third kappa shape index (κ3) is 5.41. The van der Waals surface area contributed by atoms with E-state index in [2.05, 4.69) is 0 Å². The Balaban J connectivity index is 1.48. The van der Waals surface area contributed by atoms with Gasteiger partial charge in [-0.25, -0.2) is 0 Å². The predicted octanol–water partition coefficient (Wildman–Crippen LogP) is 6.72. The van der Waals surface area contributed by atoms with Crippen LogP contribution in [0.25, 0.3) is 6.08 Å². The second kappa shape index (κ2) is 10.3. The number of carbonyl (C=O) groups excluding carboxylic acids is 2. The highest BCUT2D eigenvalue weighted by molar-refractivity contribution is 8.18. The molecule has 1 aliphatic heterocycles. The van der Waals surface area contributed by atoms with Gasteiger partial charge in [-0.15, -0.1) is 0 Å². The van der Waals surface area contributed by atoms with Crippen molar-refractivity contribution in [2.24, 2.45) is 0 Å². The molecular formula is C24H16Cl2N2O5S.